The number of aromatic nitrogens is 1. The second-order valence-corrected chi connectivity index (χ2v) is 2.15. The summed E-state index contributed by atoms with van der Waals surface area (Å²) in [5.74, 6) is -0.394. The molecule has 0 unspecified atom stereocenters. The lowest BCUT2D eigenvalue weighted by Gasteiger charge is -1.92. The quantitative estimate of drug-likeness (QED) is 0.530. The van der Waals surface area contributed by atoms with Crippen LogP contribution in [0, 0.1) is 5.95 Å². The van der Waals surface area contributed by atoms with Gasteiger partial charge >= 0.3 is 0 Å². The van der Waals surface area contributed by atoms with Crippen molar-refractivity contribution >= 4 is 28.3 Å². The van der Waals surface area contributed by atoms with Crippen LogP contribution in [0.4, 0.5) is 4.39 Å². The van der Waals surface area contributed by atoms with Gasteiger partial charge in [0.05, 0.1) is 0 Å². The number of rotatable bonds is 1. The van der Waals surface area contributed by atoms with Crippen LogP contribution in [0.25, 0.3) is 0 Å². The van der Waals surface area contributed by atoms with E-state index in [1.54, 1.807) is 12.1 Å². The third kappa shape index (κ3) is 2.23. The highest BCUT2D eigenvalue weighted by molar-refractivity contribution is 9.08. The van der Waals surface area contributed by atoms with Crippen molar-refractivity contribution in [2.75, 3.05) is 0 Å². The van der Waals surface area contributed by atoms with Gasteiger partial charge in [-0.3, -0.25) is 0 Å². The zero-order valence-corrected chi connectivity index (χ0v) is 7.45. The van der Waals surface area contributed by atoms with Crippen molar-refractivity contribution in [3.8, 4) is 0 Å². The summed E-state index contributed by atoms with van der Waals surface area (Å²) in [6.07, 6.45) is 1.43. The fourth-order valence-corrected chi connectivity index (χ4v) is 0.937. The van der Waals surface area contributed by atoms with E-state index < -0.39 is 5.95 Å². The minimum atomic E-state index is -0.394. The number of alkyl halides is 1. The molecule has 0 saturated heterocycles. The molecule has 0 aliphatic rings. The SMILES string of the molecule is Cl.Fc1ncccc1CBr. The second-order valence-electron chi connectivity index (χ2n) is 1.59. The third-order valence-electron chi connectivity index (χ3n) is 0.980. The van der Waals surface area contributed by atoms with Gasteiger partial charge in [0, 0.05) is 17.1 Å². The summed E-state index contributed by atoms with van der Waals surface area (Å²) >= 11 is 3.13. The Bertz CT molecular complexity index is 207. The standard InChI is InChI=1S/C6H5BrFN.ClH/c7-4-5-2-1-3-9-6(5)8;/h1-3H,4H2;1H. The normalized spacial score (nSPS) is 8.60. The second kappa shape index (κ2) is 4.63. The van der Waals surface area contributed by atoms with Crippen LogP contribution in [0.3, 0.4) is 0 Å². The van der Waals surface area contributed by atoms with Gasteiger partial charge in [0.1, 0.15) is 0 Å². The van der Waals surface area contributed by atoms with E-state index in [0.29, 0.717) is 10.9 Å². The maximum absolute atomic E-state index is 12.4. The summed E-state index contributed by atoms with van der Waals surface area (Å²) in [4.78, 5) is 3.45. The first-order chi connectivity index (χ1) is 4.34. The first kappa shape index (κ1) is 9.85. The molecule has 1 aromatic heterocycles. The van der Waals surface area contributed by atoms with Crippen molar-refractivity contribution in [1.82, 2.24) is 4.98 Å². The molecule has 0 N–H and O–H groups in total. The summed E-state index contributed by atoms with van der Waals surface area (Å²) < 4.78 is 12.4. The number of pyridine rings is 1. The molecular formula is C6H6BrClFN. The van der Waals surface area contributed by atoms with Gasteiger partial charge in [-0.1, -0.05) is 22.0 Å². The molecule has 4 heteroatoms. The van der Waals surface area contributed by atoms with Crippen LogP contribution in [-0.4, -0.2) is 4.98 Å². The van der Waals surface area contributed by atoms with Crippen LogP contribution in [-0.2, 0) is 5.33 Å². The van der Waals surface area contributed by atoms with Crippen LogP contribution in [0.2, 0.25) is 0 Å². The van der Waals surface area contributed by atoms with Crippen LogP contribution in [0.15, 0.2) is 18.3 Å². The summed E-state index contributed by atoms with van der Waals surface area (Å²) in [5, 5.41) is 0.521. The summed E-state index contributed by atoms with van der Waals surface area (Å²) in [5.41, 5.74) is 0.595. The number of halogens is 3. The van der Waals surface area contributed by atoms with Gasteiger partial charge in [0.15, 0.2) is 0 Å². The lowest BCUT2D eigenvalue weighted by atomic mass is 10.3. The Kier molecular flexibility index (Phi) is 4.56. The smallest absolute Gasteiger partial charge is 0.216 e. The molecule has 0 aromatic carbocycles. The monoisotopic (exact) mass is 225 g/mol. The lowest BCUT2D eigenvalue weighted by molar-refractivity contribution is 0.573. The van der Waals surface area contributed by atoms with E-state index in [4.69, 9.17) is 0 Å². The van der Waals surface area contributed by atoms with E-state index in [9.17, 15) is 4.39 Å². The van der Waals surface area contributed by atoms with Gasteiger partial charge in [-0.2, -0.15) is 4.39 Å². The van der Waals surface area contributed by atoms with Crippen molar-refractivity contribution in [2.24, 2.45) is 0 Å². The van der Waals surface area contributed by atoms with Crippen LogP contribution in [0.1, 0.15) is 5.56 Å². The zero-order chi connectivity index (χ0) is 6.69. The molecule has 0 bridgehead atoms. The van der Waals surface area contributed by atoms with Crippen molar-refractivity contribution in [3.05, 3.63) is 29.8 Å². The zero-order valence-electron chi connectivity index (χ0n) is 5.05. The lowest BCUT2D eigenvalue weighted by Crippen LogP contribution is -1.87. The van der Waals surface area contributed by atoms with Gasteiger partial charge in [0.25, 0.3) is 0 Å². The molecule has 0 aliphatic carbocycles. The first-order valence-electron chi connectivity index (χ1n) is 2.50. The molecule has 0 spiro atoms. The van der Waals surface area contributed by atoms with Gasteiger partial charge < -0.3 is 0 Å². The maximum Gasteiger partial charge on any atom is 0.216 e. The van der Waals surface area contributed by atoms with Gasteiger partial charge in [-0.05, 0) is 6.07 Å². The number of nitrogens with zero attached hydrogens (tertiary/aromatic N) is 1. The van der Waals surface area contributed by atoms with Gasteiger partial charge in [-0.25, -0.2) is 4.98 Å². The molecule has 1 rings (SSSR count). The molecule has 0 amide bonds. The van der Waals surface area contributed by atoms with Crippen LogP contribution >= 0.6 is 28.3 Å². The number of hydrogen-bond acceptors (Lipinski definition) is 1. The Labute approximate surface area is 73.2 Å². The minimum Gasteiger partial charge on any atom is -0.228 e. The Morgan fingerprint density at radius 2 is 2.30 bits per heavy atom. The number of hydrogen-bond donors (Lipinski definition) is 0. The third-order valence-corrected chi connectivity index (χ3v) is 1.58. The van der Waals surface area contributed by atoms with E-state index in [-0.39, 0.29) is 12.4 Å². The summed E-state index contributed by atoms with van der Waals surface area (Å²) in [6.45, 7) is 0. The van der Waals surface area contributed by atoms with Gasteiger partial charge in [-0.15, -0.1) is 12.4 Å². The Balaban J connectivity index is 0.000000810. The largest absolute Gasteiger partial charge is 0.228 e. The molecular weight excluding hydrogens is 220 g/mol. The highest BCUT2D eigenvalue weighted by Crippen LogP contribution is 2.06. The summed E-state index contributed by atoms with van der Waals surface area (Å²) in [7, 11) is 0. The van der Waals surface area contributed by atoms with Crippen molar-refractivity contribution in [3.63, 3.8) is 0 Å². The molecule has 1 aromatic rings. The Hall–Kier alpha value is -0.150. The molecule has 0 atom stereocenters. The van der Waals surface area contributed by atoms with E-state index in [2.05, 4.69) is 20.9 Å². The predicted octanol–water partition coefficient (Wildman–Crippen LogP) is 2.54. The van der Waals surface area contributed by atoms with Crippen molar-refractivity contribution < 1.29 is 4.39 Å². The Morgan fingerprint density at radius 3 is 2.70 bits per heavy atom. The average molecular weight is 226 g/mol. The maximum atomic E-state index is 12.4. The van der Waals surface area contributed by atoms with Crippen LogP contribution < -0.4 is 0 Å². The van der Waals surface area contributed by atoms with Crippen LogP contribution in [0.5, 0.6) is 0 Å². The van der Waals surface area contributed by atoms with E-state index in [1.807, 2.05) is 0 Å². The van der Waals surface area contributed by atoms with E-state index in [1.165, 1.54) is 6.20 Å². The minimum absolute atomic E-state index is 0. The molecule has 0 saturated carbocycles. The molecule has 1 nitrogen and oxygen atoms in total. The molecule has 0 radical (unpaired) electrons. The fraction of sp³-hybridized carbons (Fsp3) is 0.167. The molecule has 56 valence electrons. The van der Waals surface area contributed by atoms with Crippen molar-refractivity contribution in [1.29, 1.82) is 0 Å². The molecule has 0 fully saturated rings. The summed E-state index contributed by atoms with van der Waals surface area (Å²) in [6, 6.07) is 3.40. The van der Waals surface area contributed by atoms with E-state index >= 15 is 0 Å². The first-order valence-corrected chi connectivity index (χ1v) is 3.62. The highest BCUT2D eigenvalue weighted by atomic mass is 79.9. The van der Waals surface area contributed by atoms with E-state index in [0.717, 1.165) is 0 Å². The molecule has 10 heavy (non-hydrogen) atoms. The fourth-order valence-electron chi connectivity index (χ4n) is 0.519. The average Bonchev–Trinajstić information content (AvgIpc) is 1.89. The topological polar surface area (TPSA) is 12.9 Å². The molecule has 1 heterocycles. The van der Waals surface area contributed by atoms with Gasteiger partial charge in [0.2, 0.25) is 5.95 Å². The predicted molar refractivity (Wildman–Crippen MR) is 44.1 cm³/mol. The Morgan fingerprint density at radius 1 is 1.60 bits per heavy atom. The molecule has 0 aliphatic heterocycles. The van der Waals surface area contributed by atoms with Crippen molar-refractivity contribution in [2.45, 2.75) is 5.33 Å². The highest BCUT2D eigenvalue weighted by Gasteiger charge is 1.96.